The Hall–Kier alpha value is -2.72. The summed E-state index contributed by atoms with van der Waals surface area (Å²) in [5, 5.41) is 3.14. The molecule has 0 bridgehead atoms. The van der Waals surface area contributed by atoms with Crippen LogP contribution in [0.5, 0.6) is 0 Å². The van der Waals surface area contributed by atoms with Gasteiger partial charge in [-0.3, -0.25) is 4.79 Å². The SMILES string of the molecule is Cc1nc(NCCNS(=O)(=O)c2cc3c4c(c2)CCN4C(=O)CC3)cc(N(C)C)n1. The van der Waals surface area contributed by atoms with Gasteiger partial charge in [0.15, 0.2) is 0 Å². The highest BCUT2D eigenvalue weighted by Crippen LogP contribution is 2.38. The van der Waals surface area contributed by atoms with Gasteiger partial charge in [-0.1, -0.05) is 0 Å². The number of carbonyl (C=O) groups excluding carboxylic acids is 1. The molecule has 0 aliphatic carbocycles. The molecule has 10 heteroatoms. The number of benzene rings is 1. The lowest BCUT2D eigenvalue weighted by molar-refractivity contribution is -0.118. The number of nitrogens with one attached hydrogen (secondary N) is 2. The average Bonchev–Trinajstić information content (AvgIpc) is 3.13. The number of aryl methyl sites for hydroxylation is 2. The van der Waals surface area contributed by atoms with Crippen molar-refractivity contribution in [1.82, 2.24) is 14.7 Å². The van der Waals surface area contributed by atoms with Crippen molar-refractivity contribution in [1.29, 1.82) is 0 Å². The molecule has 9 nitrogen and oxygen atoms in total. The second-order valence-corrected chi connectivity index (χ2v) is 9.53. The third-order valence-corrected chi connectivity index (χ3v) is 6.78. The van der Waals surface area contributed by atoms with Gasteiger partial charge in [0.05, 0.1) is 10.6 Å². The highest BCUT2D eigenvalue weighted by molar-refractivity contribution is 7.89. The fraction of sp³-hybridized carbons (Fsp3) is 0.450. The Morgan fingerprint density at radius 2 is 1.80 bits per heavy atom. The lowest BCUT2D eigenvalue weighted by Crippen LogP contribution is -2.33. The quantitative estimate of drug-likeness (QED) is 0.633. The topological polar surface area (TPSA) is 108 Å². The molecule has 0 atom stereocenters. The molecule has 1 aromatic heterocycles. The van der Waals surface area contributed by atoms with Crippen LogP contribution in [0.25, 0.3) is 0 Å². The minimum Gasteiger partial charge on any atom is -0.369 e. The third-order valence-electron chi connectivity index (χ3n) is 5.34. The number of aromatic nitrogens is 2. The predicted octanol–water partition coefficient (Wildman–Crippen LogP) is 1.08. The normalized spacial score (nSPS) is 15.3. The summed E-state index contributed by atoms with van der Waals surface area (Å²) in [6, 6.07) is 5.22. The summed E-state index contributed by atoms with van der Waals surface area (Å²) >= 11 is 0. The van der Waals surface area contributed by atoms with Crippen molar-refractivity contribution in [3.05, 3.63) is 35.2 Å². The van der Waals surface area contributed by atoms with Gasteiger partial charge in [0.1, 0.15) is 17.5 Å². The van der Waals surface area contributed by atoms with Crippen LogP contribution in [0.3, 0.4) is 0 Å². The molecule has 0 unspecified atom stereocenters. The summed E-state index contributed by atoms with van der Waals surface area (Å²) in [4.78, 5) is 24.7. The number of hydrogen-bond donors (Lipinski definition) is 2. The molecule has 2 aromatic rings. The first-order chi connectivity index (χ1) is 14.2. The van der Waals surface area contributed by atoms with Crippen molar-refractivity contribution in [2.45, 2.75) is 31.1 Å². The second kappa shape index (κ2) is 7.84. The number of carbonyl (C=O) groups is 1. The molecule has 160 valence electrons. The van der Waals surface area contributed by atoms with Gasteiger partial charge >= 0.3 is 0 Å². The van der Waals surface area contributed by atoms with Crippen LogP contribution in [0.1, 0.15) is 23.4 Å². The molecular formula is C20H26N6O3S. The highest BCUT2D eigenvalue weighted by atomic mass is 32.2. The van der Waals surface area contributed by atoms with Crippen molar-refractivity contribution in [3.63, 3.8) is 0 Å². The van der Waals surface area contributed by atoms with E-state index in [1.165, 1.54) is 0 Å². The zero-order chi connectivity index (χ0) is 21.5. The summed E-state index contributed by atoms with van der Waals surface area (Å²) in [6.07, 6.45) is 1.71. The van der Waals surface area contributed by atoms with Gasteiger partial charge in [-0.15, -0.1) is 0 Å². The maximum atomic E-state index is 12.8. The molecule has 0 radical (unpaired) electrons. The van der Waals surface area contributed by atoms with E-state index in [2.05, 4.69) is 20.0 Å². The first-order valence-electron chi connectivity index (χ1n) is 9.97. The molecule has 2 N–H and O–H groups in total. The Labute approximate surface area is 176 Å². The van der Waals surface area contributed by atoms with E-state index >= 15 is 0 Å². The highest BCUT2D eigenvalue weighted by Gasteiger charge is 2.32. The number of hydrogen-bond acceptors (Lipinski definition) is 7. The van der Waals surface area contributed by atoms with Crippen LogP contribution in [0.4, 0.5) is 17.3 Å². The number of rotatable bonds is 7. The molecule has 1 aromatic carbocycles. The number of anilines is 3. The van der Waals surface area contributed by atoms with Crippen LogP contribution in [-0.2, 0) is 27.7 Å². The maximum Gasteiger partial charge on any atom is 0.240 e. The summed E-state index contributed by atoms with van der Waals surface area (Å²) in [6.45, 7) is 3.06. The van der Waals surface area contributed by atoms with Crippen molar-refractivity contribution >= 4 is 33.3 Å². The first-order valence-corrected chi connectivity index (χ1v) is 11.5. The molecule has 4 rings (SSSR count). The van der Waals surface area contributed by atoms with Gasteiger partial charge in [0.25, 0.3) is 0 Å². The summed E-state index contributed by atoms with van der Waals surface area (Å²) in [7, 11) is 0.163. The molecule has 3 heterocycles. The van der Waals surface area contributed by atoms with Crippen LogP contribution in [0, 0.1) is 6.92 Å². The van der Waals surface area contributed by atoms with Gasteiger partial charge in [0, 0.05) is 46.2 Å². The van der Waals surface area contributed by atoms with Crippen LogP contribution in [-0.4, -0.2) is 58.0 Å². The molecule has 0 saturated heterocycles. The lowest BCUT2D eigenvalue weighted by atomic mass is 10.00. The molecule has 0 fully saturated rings. The van der Waals surface area contributed by atoms with E-state index in [1.54, 1.807) is 17.0 Å². The summed E-state index contributed by atoms with van der Waals surface area (Å²) < 4.78 is 28.3. The van der Waals surface area contributed by atoms with Crippen molar-refractivity contribution in [2.75, 3.05) is 48.8 Å². The number of nitrogens with zero attached hydrogens (tertiary/aromatic N) is 4. The largest absolute Gasteiger partial charge is 0.369 e. The third kappa shape index (κ3) is 3.97. The fourth-order valence-corrected chi connectivity index (χ4v) is 5.04. The van der Waals surface area contributed by atoms with Crippen LogP contribution >= 0.6 is 0 Å². The van der Waals surface area contributed by atoms with Gasteiger partial charge in [0.2, 0.25) is 15.9 Å². The molecule has 0 saturated carbocycles. The fourth-order valence-electron chi connectivity index (χ4n) is 3.91. The Morgan fingerprint density at radius 3 is 2.53 bits per heavy atom. The standard InChI is InChI=1S/C20H26N6O3S/c1-13-23-17(12-18(24-13)25(2)3)21-7-8-22-30(28,29)16-10-14-4-5-19(27)26-9-6-15(11-16)20(14)26/h10-12,22H,4-9H2,1-3H3,(H,21,23,24). The van der Waals surface area contributed by atoms with Gasteiger partial charge in [-0.05, 0) is 43.0 Å². The monoisotopic (exact) mass is 430 g/mol. The molecule has 2 aliphatic heterocycles. The number of amides is 1. The van der Waals surface area contributed by atoms with Crippen molar-refractivity contribution < 1.29 is 13.2 Å². The van der Waals surface area contributed by atoms with E-state index in [0.717, 1.165) is 22.6 Å². The predicted molar refractivity (Wildman–Crippen MR) is 116 cm³/mol. The van der Waals surface area contributed by atoms with Gasteiger partial charge < -0.3 is 15.1 Å². The lowest BCUT2D eigenvalue weighted by Gasteiger charge is -2.25. The van der Waals surface area contributed by atoms with E-state index in [4.69, 9.17) is 0 Å². The summed E-state index contributed by atoms with van der Waals surface area (Å²) in [5.74, 6) is 2.20. The van der Waals surface area contributed by atoms with Crippen LogP contribution < -0.4 is 19.8 Å². The Bertz CT molecular complexity index is 1100. The van der Waals surface area contributed by atoms with E-state index in [1.807, 2.05) is 32.0 Å². The summed E-state index contributed by atoms with van der Waals surface area (Å²) in [5.41, 5.74) is 2.80. The van der Waals surface area contributed by atoms with Crippen LogP contribution in [0.2, 0.25) is 0 Å². The molecular weight excluding hydrogens is 404 g/mol. The van der Waals surface area contributed by atoms with Crippen molar-refractivity contribution in [3.8, 4) is 0 Å². The Kier molecular flexibility index (Phi) is 5.37. The molecule has 2 aliphatic rings. The van der Waals surface area contributed by atoms with E-state index in [0.29, 0.717) is 44.0 Å². The minimum atomic E-state index is -3.64. The molecule has 0 spiro atoms. The maximum absolute atomic E-state index is 12.8. The Morgan fingerprint density at radius 1 is 1.07 bits per heavy atom. The van der Waals surface area contributed by atoms with E-state index in [-0.39, 0.29) is 17.3 Å². The number of sulfonamides is 1. The van der Waals surface area contributed by atoms with Gasteiger partial charge in [-0.2, -0.15) is 0 Å². The smallest absolute Gasteiger partial charge is 0.240 e. The van der Waals surface area contributed by atoms with E-state index < -0.39 is 10.0 Å². The minimum absolute atomic E-state index is 0.124. The second-order valence-electron chi connectivity index (χ2n) is 7.76. The van der Waals surface area contributed by atoms with E-state index in [9.17, 15) is 13.2 Å². The van der Waals surface area contributed by atoms with Crippen LogP contribution in [0.15, 0.2) is 23.1 Å². The zero-order valence-corrected chi connectivity index (χ0v) is 18.2. The zero-order valence-electron chi connectivity index (χ0n) is 17.4. The molecule has 1 amide bonds. The average molecular weight is 431 g/mol. The molecule has 30 heavy (non-hydrogen) atoms. The Balaban J connectivity index is 1.42. The van der Waals surface area contributed by atoms with Gasteiger partial charge in [-0.25, -0.2) is 23.1 Å². The first kappa shape index (κ1) is 20.5. The van der Waals surface area contributed by atoms with Crippen molar-refractivity contribution in [2.24, 2.45) is 0 Å².